The first-order valence-corrected chi connectivity index (χ1v) is 6.48. The van der Waals surface area contributed by atoms with Crippen LogP contribution in [0.1, 0.15) is 38.3 Å². The van der Waals surface area contributed by atoms with Crippen LogP contribution in [0.4, 0.5) is 11.6 Å². The van der Waals surface area contributed by atoms with Crippen LogP contribution in [0.15, 0.2) is 28.9 Å². The standard InChI is InChI=1S/C14H20N4O/c1-9(2)14-17-12(15)8-13(18-14)16-10(3)7-11-5-4-6-19-11/h4-6,8-10H,7H2,1-3H3,(H3,15,16,17,18). The molecule has 1 unspecified atom stereocenters. The van der Waals surface area contributed by atoms with Crippen LogP contribution in [-0.4, -0.2) is 16.0 Å². The Morgan fingerprint density at radius 1 is 1.32 bits per heavy atom. The molecule has 0 bridgehead atoms. The minimum absolute atomic E-state index is 0.209. The third-order valence-corrected chi connectivity index (χ3v) is 2.76. The molecule has 2 aromatic heterocycles. The van der Waals surface area contributed by atoms with Gasteiger partial charge in [-0.2, -0.15) is 0 Å². The Hall–Kier alpha value is -2.04. The van der Waals surface area contributed by atoms with Gasteiger partial charge in [0.25, 0.3) is 0 Å². The number of furan rings is 1. The van der Waals surface area contributed by atoms with E-state index in [0.717, 1.165) is 23.8 Å². The van der Waals surface area contributed by atoms with E-state index >= 15 is 0 Å². The second-order valence-electron chi connectivity index (χ2n) is 5.02. The lowest BCUT2D eigenvalue weighted by molar-refractivity contribution is 0.497. The van der Waals surface area contributed by atoms with Crippen molar-refractivity contribution in [1.29, 1.82) is 0 Å². The quantitative estimate of drug-likeness (QED) is 0.864. The number of nitrogens with one attached hydrogen (secondary N) is 1. The highest BCUT2D eigenvalue weighted by molar-refractivity contribution is 5.45. The normalized spacial score (nSPS) is 12.6. The molecule has 5 nitrogen and oxygen atoms in total. The highest BCUT2D eigenvalue weighted by Gasteiger charge is 2.10. The molecular formula is C14H20N4O. The minimum Gasteiger partial charge on any atom is -0.469 e. The predicted molar refractivity (Wildman–Crippen MR) is 76.0 cm³/mol. The highest BCUT2D eigenvalue weighted by Crippen LogP contribution is 2.16. The van der Waals surface area contributed by atoms with Gasteiger partial charge in [0.05, 0.1) is 6.26 Å². The lowest BCUT2D eigenvalue weighted by Crippen LogP contribution is -2.19. The molecule has 102 valence electrons. The molecule has 2 heterocycles. The minimum atomic E-state index is 0.209. The van der Waals surface area contributed by atoms with Gasteiger partial charge in [0.1, 0.15) is 23.2 Å². The first kappa shape index (κ1) is 13.4. The molecule has 1 atom stereocenters. The van der Waals surface area contributed by atoms with Crippen LogP contribution in [0, 0.1) is 0 Å². The summed E-state index contributed by atoms with van der Waals surface area (Å²) < 4.78 is 5.33. The van der Waals surface area contributed by atoms with E-state index < -0.39 is 0 Å². The fourth-order valence-electron chi connectivity index (χ4n) is 1.85. The largest absolute Gasteiger partial charge is 0.469 e. The van der Waals surface area contributed by atoms with Crippen LogP contribution in [0.25, 0.3) is 0 Å². The van der Waals surface area contributed by atoms with Crippen molar-refractivity contribution in [2.24, 2.45) is 0 Å². The molecule has 0 saturated carbocycles. The van der Waals surface area contributed by atoms with Gasteiger partial charge in [0.15, 0.2) is 0 Å². The van der Waals surface area contributed by atoms with Gasteiger partial charge in [-0.05, 0) is 19.1 Å². The van der Waals surface area contributed by atoms with Gasteiger partial charge in [-0.15, -0.1) is 0 Å². The van der Waals surface area contributed by atoms with Crippen molar-refractivity contribution in [3.63, 3.8) is 0 Å². The molecule has 19 heavy (non-hydrogen) atoms. The second kappa shape index (κ2) is 5.73. The van der Waals surface area contributed by atoms with E-state index in [9.17, 15) is 0 Å². The van der Waals surface area contributed by atoms with Crippen LogP contribution in [-0.2, 0) is 6.42 Å². The SMILES string of the molecule is CC(Cc1ccco1)Nc1cc(N)nc(C(C)C)n1. The van der Waals surface area contributed by atoms with Crippen LogP contribution >= 0.6 is 0 Å². The van der Waals surface area contributed by atoms with E-state index in [1.807, 2.05) is 26.0 Å². The monoisotopic (exact) mass is 260 g/mol. The molecule has 0 fully saturated rings. The number of nitrogens with zero attached hydrogens (tertiary/aromatic N) is 2. The topological polar surface area (TPSA) is 77.0 Å². The van der Waals surface area contributed by atoms with E-state index in [1.54, 1.807) is 12.3 Å². The molecule has 3 N–H and O–H groups in total. The zero-order valence-electron chi connectivity index (χ0n) is 11.6. The van der Waals surface area contributed by atoms with E-state index in [2.05, 4.69) is 22.2 Å². The summed E-state index contributed by atoms with van der Waals surface area (Å²) in [6.07, 6.45) is 2.48. The van der Waals surface area contributed by atoms with Crippen molar-refractivity contribution >= 4 is 11.6 Å². The van der Waals surface area contributed by atoms with Crippen LogP contribution < -0.4 is 11.1 Å². The zero-order chi connectivity index (χ0) is 13.8. The Labute approximate surface area is 113 Å². The van der Waals surface area contributed by atoms with Gasteiger partial charge in [-0.25, -0.2) is 9.97 Å². The van der Waals surface area contributed by atoms with Gasteiger partial charge in [0.2, 0.25) is 0 Å². The van der Waals surface area contributed by atoms with Gasteiger partial charge < -0.3 is 15.5 Å². The Kier molecular flexibility index (Phi) is 4.04. The maximum absolute atomic E-state index is 5.80. The summed E-state index contributed by atoms with van der Waals surface area (Å²) in [7, 11) is 0. The van der Waals surface area contributed by atoms with Gasteiger partial charge in [0, 0.05) is 24.4 Å². The van der Waals surface area contributed by atoms with E-state index in [-0.39, 0.29) is 12.0 Å². The molecule has 5 heteroatoms. The summed E-state index contributed by atoms with van der Waals surface area (Å²) in [5.74, 6) is 3.21. The number of rotatable bonds is 5. The van der Waals surface area contributed by atoms with Gasteiger partial charge in [-0.3, -0.25) is 0 Å². The van der Waals surface area contributed by atoms with Crippen molar-refractivity contribution in [1.82, 2.24) is 9.97 Å². The maximum atomic E-state index is 5.80. The summed E-state index contributed by atoms with van der Waals surface area (Å²) in [5.41, 5.74) is 5.80. The molecule has 0 aliphatic rings. The third-order valence-electron chi connectivity index (χ3n) is 2.76. The van der Waals surface area contributed by atoms with Crippen LogP contribution in [0.3, 0.4) is 0 Å². The molecule has 2 rings (SSSR count). The van der Waals surface area contributed by atoms with E-state index in [4.69, 9.17) is 10.2 Å². The Balaban J connectivity index is 2.05. The molecular weight excluding hydrogens is 240 g/mol. The summed E-state index contributed by atoms with van der Waals surface area (Å²) in [6, 6.07) is 5.82. The molecule has 0 aliphatic heterocycles. The summed E-state index contributed by atoms with van der Waals surface area (Å²) in [5, 5.41) is 3.33. The predicted octanol–water partition coefficient (Wildman–Crippen LogP) is 2.82. The first-order valence-electron chi connectivity index (χ1n) is 6.48. The zero-order valence-corrected chi connectivity index (χ0v) is 11.6. The fourth-order valence-corrected chi connectivity index (χ4v) is 1.85. The fraction of sp³-hybridized carbons (Fsp3) is 0.429. The first-order chi connectivity index (χ1) is 9.04. The maximum Gasteiger partial charge on any atom is 0.135 e. The lowest BCUT2D eigenvalue weighted by Gasteiger charge is -2.15. The number of nitrogens with two attached hydrogens (primary N) is 1. The summed E-state index contributed by atoms with van der Waals surface area (Å²) in [4.78, 5) is 8.69. The van der Waals surface area contributed by atoms with Gasteiger partial charge in [-0.1, -0.05) is 13.8 Å². The lowest BCUT2D eigenvalue weighted by atomic mass is 10.2. The van der Waals surface area contributed by atoms with E-state index in [1.165, 1.54) is 0 Å². The van der Waals surface area contributed by atoms with Gasteiger partial charge >= 0.3 is 0 Å². The van der Waals surface area contributed by atoms with E-state index in [0.29, 0.717) is 5.82 Å². The molecule has 0 saturated heterocycles. The Morgan fingerprint density at radius 2 is 2.11 bits per heavy atom. The van der Waals surface area contributed by atoms with Crippen LogP contribution in [0.5, 0.6) is 0 Å². The highest BCUT2D eigenvalue weighted by atomic mass is 16.3. The third kappa shape index (κ3) is 3.71. The molecule has 0 spiro atoms. The van der Waals surface area contributed by atoms with Crippen molar-refractivity contribution < 1.29 is 4.42 Å². The van der Waals surface area contributed by atoms with Crippen LogP contribution in [0.2, 0.25) is 0 Å². The number of hydrogen-bond donors (Lipinski definition) is 2. The summed E-state index contributed by atoms with van der Waals surface area (Å²) >= 11 is 0. The number of anilines is 2. The van der Waals surface area contributed by atoms with Crippen molar-refractivity contribution in [3.05, 3.63) is 36.0 Å². The number of nitrogen functional groups attached to an aromatic ring is 1. The molecule has 0 radical (unpaired) electrons. The smallest absolute Gasteiger partial charge is 0.135 e. The average Bonchev–Trinajstić information content (AvgIpc) is 2.80. The van der Waals surface area contributed by atoms with Crippen molar-refractivity contribution in [3.8, 4) is 0 Å². The molecule has 0 aromatic carbocycles. The second-order valence-corrected chi connectivity index (χ2v) is 5.02. The average molecular weight is 260 g/mol. The molecule has 0 aliphatic carbocycles. The molecule has 2 aromatic rings. The number of hydrogen-bond acceptors (Lipinski definition) is 5. The Morgan fingerprint density at radius 3 is 2.74 bits per heavy atom. The molecule has 0 amide bonds. The number of aromatic nitrogens is 2. The Bertz CT molecular complexity index is 522. The van der Waals surface area contributed by atoms with Crippen molar-refractivity contribution in [2.45, 2.75) is 39.2 Å². The van der Waals surface area contributed by atoms with Crippen molar-refractivity contribution in [2.75, 3.05) is 11.1 Å². The summed E-state index contributed by atoms with van der Waals surface area (Å²) in [6.45, 7) is 6.17.